The molecule has 2 N–H and O–H groups in total. The molecule has 0 radical (unpaired) electrons. The molecule has 0 unspecified atom stereocenters. The number of hydrogen-bond acceptors (Lipinski definition) is 3. The number of alkyl carbamates (subject to hydrolysis) is 1. The predicted octanol–water partition coefficient (Wildman–Crippen LogP) is 1.68. The van der Waals surface area contributed by atoms with Crippen LogP contribution in [0.1, 0.15) is 39.0 Å². The summed E-state index contributed by atoms with van der Waals surface area (Å²) in [6.45, 7) is 3.20. The number of nitrogens with one attached hydrogen (secondary N) is 1. The van der Waals surface area contributed by atoms with Gasteiger partial charge in [0.25, 0.3) is 0 Å². The van der Waals surface area contributed by atoms with E-state index < -0.39 is 0 Å². The van der Waals surface area contributed by atoms with Crippen LogP contribution in [-0.2, 0) is 4.74 Å². The second kappa shape index (κ2) is 10.3. The summed E-state index contributed by atoms with van der Waals surface area (Å²) in [6.07, 6.45) is 4.61. The Morgan fingerprint density at radius 2 is 2.07 bits per heavy atom. The molecule has 0 aliphatic rings. The molecule has 1 amide bonds. The van der Waals surface area contributed by atoms with Gasteiger partial charge in [0, 0.05) is 13.2 Å². The van der Waals surface area contributed by atoms with E-state index in [-0.39, 0.29) is 12.7 Å². The Hall–Kier alpha value is -0.770. The highest BCUT2D eigenvalue weighted by molar-refractivity contribution is 5.66. The minimum Gasteiger partial charge on any atom is -0.450 e. The summed E-state index contributed by atoms with van der Waals surface area (Å²) < 4.78 is 4.90. The Labute approximate surface area is 85.6 Å². The lowest BCUT2D eigenvalue weighted by Crippen LogP contribution is -2.26. The number of carbonyl (C=O) groups is 1. The van der Waals surface area contributed by atoms with Gasteiger partial charge in [0.15, 0.2) is 0 Å². The van der Waals surface area contributed by atoms with E-state index in [2.05, 4.69) is 12.2 Å². The molecule has 14 heavy (non-hydrogen) atoms. The van der Waals surface area contributed by atoms with Gasteiger partial charge in [-0.3, -0.25) is 0 Å². The molecule has 0 aromatic rings. The van der Waals surface area contributed by atoms with Crippen LogP contribution < -0.4 is 5.32 Å². The van der Waals surface area contributed by atoms with E-state index in [1.165, 1.54) is 12.8 Å². The zero-order valence-electron chi connectivity index (χ0n) is 8.92. The summed E-state index contributed by atoms with van der Waals surface area (Å²) in [4.78, 5) is 10.9. The van der Waals surface area contributed by atoms with Crippen LogP contribution in [0, 0.1) is 0 Å². The lowest BCUT2D eigenvalue weighted by molar-refractivity contribution is 0.143. The first-order valence-corrected chi connectivity index (χ1v) is 5.32. The van der Waals surface area contributed by atoms with Crippen molar-refractivity contribution in [1.82, 2.24) is 5.32 Å². The van der Waals surface area contributed by atoms with E-state index in [9.17, 15) is 4.79 Å². The number of amides is 1. The van der Waals surface area contributed by atoms with Gasteiger partial charge in [-0.2, -0.15) is 0 Å². The van der Waals surface area contributed by atoms with Crippen LogP contribution in [0.25, 0.3) is 0 Å². The summed E-state index contributed by atoms with van der Waals surface area (Å²) in [5.74, 6) is 0. The first-order valence-electron chi connectivity index (χ1n) is 5.32. The Morgan fingerprint density at radius 1 is 1.29 bits per heavy atom. The molecule has 84 valence electrons. The molecule has 0 bridgehead atoms. The van der Waals surface area contributed by atoms with Crippen molar-refractivity contribution < 1.29 is 14.6 Å². The maximum atomic E-state index is 10.9. The molecule has 4 heteroatoms. The van der Waals surface area contributed by atoms with Crippen LogP contribution in [0.3, 0.4) is 0 Å². The van der Waals surface area contributed by atoms with E-state index in [4.69, 9.17) is 9.84 Å². The first kappa shape index (κ1) is 13.2. The van der Waals surface area contributed by atoms with Crippen LogP contribution in [0.2, 0.25) is 0 Å². The molecule has 0 atom stereocenters. The summed E-state index contributed by atoms with van der Waals surface area (Å²) in [5.41, 5.74) is 0. The van der Waals surface area contributed by atoms with Crippen molar-refractivity contribution in [1.29, 1.82) is 0 Å². The monoisotopic (exact) mass is 203 g/mol. The van der Waals surface area contributed by atoms with Crippen molar-refractivity contribution in [3.8, 4) is 0 Å². The topological polar surface area (TPSA) is 58.6 Å². The molecule has 0 aliphatic carbocycles. The number of rotatable bonds is 8. The molecule has 0 saturated carbocycles. The quantitative estimate of drug-likeness (QED) is 0.590. The van der Waals surface area contributed by atoms with Gasteiger partial charge < -0.3 is 15.2 Å². The first-order chi connectivity index (χ1) is 6.81. The Balaban J connectivity index is 3.10. The minimum absolute atomic E-state index is 0.0940. The van der Waals surface area contributed by atoms with Gasteiger partial charge in [0.2, 0.25) is 0 Å². The number of aliphatic hydroxyl groups excluding tert-OH is 1. The van der Waals surface area contributed by atoms with Crippen molar-refractivity contribution >= 4 is 6.09 Å². The highest BCUT2D eigenvalue weighted by Gasteiger charge is 1.99. The molecule has 0 aromatic heterocycles. The van der Waals surface area contributed by atoms with E-state index in [0.29, 0.717) is 19.6 Å². The fourth-order valence-electron chi connectivity index (χ4n) is 1.01. The van der Waals surface area contributed by atoms with Crippen molar-refractivity contribution in [2.75, 3.05) is 19.8 Å². The lowest BCUT2D eigenvalue weighted by atomic mass is 10.2. The molecule has 0 heterocycles. The molecule has 4 nitrogen and oxygen atoms in total. The van der Waals surface area contributed by atoms with Crippen molar-refractivity contribution in [2.45, 2.75) is 39.0 Å². The third kappa shape index (κ3) is 9.32. The number of ether oxygens (including phenoxy) is 1. The second-order valence-corrected chi connectivity index (χ2v) is 3.20. The summed E-state index contributed by atoms with van der Waals surface area (Å²) in [7, 11) is 0. The number of aliphatic hydroxyl groups is 1. The zero-order chi connectivity index (χ0) is 10.6. The van der Waals surface area contributed by atoms with Crippen LogP contribution in [0.15, 0.2) is 0 Å². The van der Waals surface area contributed by atoms with Crippen LogP contribution in [0.5, 0.6) is 0 Å². The van der Waals surface area contributed by atoms with E-state index in [1.807, 2.05) is 0 Å². The molecule has 0 aromatic carbocycles. The third-order valence-electron chi connectivity index (χ3n) is 1.84. The zero-order valence-corrected chi connectivity index (χ0v) is 8.92. The highest BCUT2D eigenvalue weighted by atomic mass is 16.5. The normalized spacial score (nSPS) is 9.86. The molecule has 0 rings (SSSR count). The second-order valence-electron chi connectivity index (χ2n) is 3.20. The Bertz CT molecular complexity index is 139. The van der Waals surface area contributed by atoms with Gasteiger partial charge in [0.1, 0.15) is 0 Å². The fourth-order valence-corrected chi connectivity index (χ4v) is 1.01. The average Bonchev–Trinajstić information content (AvgIpc) is 2.18. The Morgan fingerprint density at radius 3 is 2.71 bits per heavy atom. The molecular weight excluding hydrogens is 182 g/mol. The van der Waals surface area contributed by atoms with Crippen LogP contribution in [0.4, 0.5) is 4.79 Å². The number of hydrogen-bond donors (Lipinski definition) is 2. The summed E-state index contributed by atoms with van der Waals surface area (Å²) in [6, 6.07) is 0. The van der Waals surface area contributed by atoms with Crippen molar-refractivity contribution in [3.05, 3.63) is 0 Å². The van der Waals surface area contributed by atoms with Gasteiger partial charge in [-0.25, -0.2) is 4.79 Å². The minimum atomic E-state index is -0.380. The molecule has 0 fully saturated rings. The summed E-state index contributed by atoms with van der Waals surface area (Å²) in [5, 5.41) is 11.0. The van der Waals surface area contributed by atoms with Gasteiger partial charge in [-0.05, 0) is 12.8 Å². The van der Waals surface area contributed by atoms with E-state index >= 15 is 0 Å². The van der Waals surface area contributed by atoms with E-state index in [1.54, 1.807) is 0 Å². The van der Waals surface area contributed by atoms with Crippen molar-refractivity contribution in [2.24, 2.45) is 0 Å². The molecule has 0 aliphatic heterocycles. The standard InChI is InChI=1S/C10H21NO3/c1-2-3-4-5-9-14-10(13)11-7-6-8-12/h12H,2-9H2,1H3,(H,11,13). The Kier molecular flexibility index (Phi) is 9.74. The number of carbonyl (C=O) groups excluding carboxylic acids is 1. The van der Waals surface area contributed by atoms with Crippen LogP contribution in [-0.4, -0.2) is 31.0 Å². The lowest BCUT2D eigenvalue weighted by Gasteiger charge is -2.05. The van der Waals surface area contributed by atoms with Gasteiger partial charge in [-0.1, -0.05) is 26.2 Å². The maximum Gasteiger partial charge on any atom is 0.407 e. The average molecular weight is 203 g/mol. The van der Waals surface area contributed by atoms with Gasteiger partial charge >= 0.3 is 6.09 Å². The smallest absolute Gasteiger partial charge is 0.407 e. The SMILES string of the molecule is CCCCCCOC(=O)NCCCO. The fraction of sp³-hybridized carbons (Fsp3) is 0.900. The maximum absolute atomic E-state index is 10.9. The predicted molar refractivity (Wildman–Crippen MR) is 55.2 cm³/mol. The molecule has 0 spiro atoms. The highest BCUT2D eigenvalue weighted by Crippen LogP contribution is 1.98. The van der Waals surface area contributed by atoms with Gasteiger partial charge in [-0.15, -0.1) is 0 Å². The third-order valence-corrected chi connectivity index (χ3v) is 1.84. The largest absolute Gasteiger partial charge is 0.450 e. The van der Waals surface area contributed by atoms with E-state index in [0.717, 1.165) is 12.8 Å². The summed E-state index contributed by atoms with van der Waals surface area (Å²) >= 11 is 0. The van der Waals surface area contributed by atoms with Crippen LogP contribution >= 0.6 is 0 Å². The van der Waals surface area contributed by atoms with Crippen molar-refractivity contribution in [3.63, 3.8) is 0 Å². The van der Waals surface area contributed by atoms with Gasteiger partial charge in [0.05, 0.1) is 6.61 Å². The molecular formula is C10H21NO3. The number of unbranched alkanes of at least 4 members (excludes halogenated alkanes) is 3. The molecule has 0 saturated heterocycles.